The minimum absolute atomic E-state index is 0.00120. The molecule has 0 heterocycles. The van der Waals surface area contributed by atoms with Crippen LogP contribution in [0.25, 0.3) is 0 Å². The molecule has 0 aromatic heterocycles. The Hall–Kier alpha value is -2.46. The Morgan fingerprint density at radius 3 is 2.46 bits per heavy atom. The highest BCUT2D eigenvalue weighted by Gasteiger charge is 2.13. The van der Waals surface area contributed by atoms with E-state index in [2.05, 4.69) is 5.32 Å². The van der Waals surface area contributed by atoms with E-state index in [-0.39, 0.29) is 30.6 Å². The Morgan fingerprint density at radius 2 is 1.75 bits per heavy atom. The third-order valence-corrected chi connectivity index (χ3v) is 4.02. The van der Waals surface area contributed by atoms with E-state index in [9.17, 15) is 9.59 Å². The van der Waals surface area contributed by atoms with Gasteiger partial charge in [0.15, 0.2) is 5.78 Å². The lowest BCUT2D eigenvalue weighted by molar-refractivity contribution is -0.121. The van der Waals surface area contributed by atoms with E-state index in [0.29, 0.717) is 12.1 Å². The van der Waals surface area contributed by atoms with E-state index >= 15 is 0 Å². The average Bonchev–Trinajstić information content (AvgIpc) is 2.60. The van der Waals surface area contributed by atoms with Gasteiger partial charge in [-0.25, -0.2) is 0 Å². The quantitative estimate of drug-likeness (QED) is 0.769. The highest BCUT2D eigenvalue weighted by Crippen LogP contribution is 2.14. The Bertz CT molecular complexity index is 711. The highest BCUT2D eigenvalue weighted by atomic mass is 16.2. The van der Waals surface area contributed by atoms with Crippen molar-refractivity contribution in [2.75, 3.05) is 6.54 Å². The van der Waals surface area contributed by atoms with Crippen LogP contribution in [-0.2, 0) is 4.79 Å². The molecule has 1 atom stereocenters. The summed E-state index contributed by atoms with van der Waals surface area (Å²) in [5.74, 6) is -0.154. The molecule has 4 nitrogen and oxygen atoms in total. The van der Waals surface area contributed by atoms with Crippen LogP contribution in [0.15, 0.2) is 48.5 Å². The van der Waals surface area contributed by atoms with Crippen LogP contribution in [0.5, 0.6) is 0 Å². The zero-order chi connectivity index (χ0) is 17.5. The number of aryl methyl sites for hydroxylation is 2. The summed E-state index contributed by atoms with van der Waals surface area (Å²) in [5.41, 5.74) is 9.70. The molecule has 0 aliphatic heterocycles. The summed E-state index contributed by atoms with van der Waals surface area (Å²) in [4.78, 5) is 24.2. The van der Waals surface area contributed by atoms with Crippen LogP contribution in [0, 0.1) is 13.8 Å². The molecule has 0 bridgehead atoms. The van der Waals surface area contributed by atoms with Gasteiger partial charge in [-0.05, 0) is 31.0 Å². The number of nitrogens with two attached hydrogens (primary N) is 1. The van der Waals surface area contributed by atoms with Crippen molar-refractivity contribution in [2.24, 2.45) is 5.73 Å². The number of carbonyl (C=O) groups excluding carboxylic acids is 2. The van der Waals surface area contributed by atoms with Gasteiger partial charge in [0.2, 0.25) is 5.91 Å². The van der Waals surface area contributed by atoms with Gasteiger partial charge in [0.05, 0.1) is 0 Å². The molecule has 0 aliphatic carbocycles. The van der Waals surface area contributed by atoms with Crippen molar-refractivity contribution < 1.29 is 9.59 Å². The van der Waals surface area contributed by atoms with E-state index in [0.717, 1.165) is 16.7 Å². The number of rotatable bonds is 7. The zero-order valence-corrected chi connectivity index (χ0v) is 14.2. The molecule has 0 radical (unpaired) electrons. The fourth-order valence-electron chi connectivity index (χ4n) is 2.53. The number of hydrogen-bond acceptors (Lipinski definition) is 3. The fraction of sp³-hybridized carbons (Fsp3) is 0.300. The molecular formula is C20H24N2O2. The summed E-state index contributed by atoms with van der Waals surface area (Å²) >= 11 is 0. The number of nitrogens with one attached hydrogen (secondary N) is 1. The predicted octanol–water partition coefficient (Wildman–Crippen LogP) is 3.08. The van der Waals surface area contributed by atoms with Crippen LogP contribution < -0.4 is 11.1 Å². The molecule has 1 unspecified atom stereocenters. The van der Waals surface area contributed by atoms with Gasteiger partial charge in [-0.1, -0.05) is 48.0 Å². The number of hydrogen-bond donors (Lipinski definition) is 2. The standard InChI is InChI=1S/C20H24N2O2/c1-14-8-9-15(2)17(12-14)19(23)10-11-20(24)22-13-18(21)16-6-4-3-5-7-16/h3-9,12,18H,10-11,13,21H2,1-2H3,(H,22,24). The van der Waals surface area contributed by atoms with Crippen LogP contribution in [0.3, 0.4) is 0 Å². The monoisotopic (exact) mass is 324 g/mol. The maximum absolute atomic E-state index is 12.3. The van der Waals surface area contributed by atoms with Crippen molar-refractivity contribution in [3.63, 3.8) is 0 Å². The Kier molecular flexibility index (Phi) is 6.27. The number of carbonyl (C=O) groups is 2. The van der Waals surface area contributed by atoms with Crippen LogP contribution in [0.1, 0.15) is 45.9 Å². The second kappa shape index (κ2) is 8.41. The maximum Gasteiger partial charge on any atom is 0.220 e. The second-order valence-corrected chi connectivity index (χ2v) is 6.06. The molecule has 0 saturated carbocycles. The molecule has 0 aliphatic rings. The molecule has 2 aromatic rings. The van der Waals surface area contributed by atoms with Crippen LogP contribution in [0.4, 0.5) is 0 Å². The SMILES string of the molecule is Cc1ccc(C)c(C(=O)CCC(=O)NCC(N)c2ccccc2)c1. The van der Waals surface area contributed by atoms with Gasteiger partial charge in [-0.2, -0.15) is 0 Å². The lowest BCUT2D eigenvalue weighted by Gasteiger charge is -2.13. The first-order valence-electron chi connectivity index (χ1n) is 8.15. The average molecular weight is 324 g/mol. The van der Waals surface area contributed by atoms with Crippen molar-refractivity contribution in [2.45, 2.75) is 32.7 Å². The first-order chi connectivity index (χ1) is 11.5. The summed E-state index contributed by atoms with van der Waals surface area (Å²) in [5, 5.41) is 2.80. The van der Waals surface area contributed by atoms with Crippen molar-refractivity contribution in [3.05, 3.63) is 70.8 Å². The summed E-state index contributed by atoms with van der Waals surface area (Å²) in [7, 11) is 0. The second-order valence-electron chi connectivity index (χ2n) is 6.06. The number of ketones is 1. The summed E-state index contributed by atoms with van der Waals surface area (Å²) in [6.45, 7) is 4.22. The van der Waals surface area contributed by atoms with E-state index in [1.165, 1.54) is 0 Å². The molecule has 2 rings (SSSR count). The molecule has 126 valence electrons. The van der Waals surface area contributed by atoms with E-state index in [4.69, 9.17) is 5.73 Å². The van der Waals surface area contributed by atoms with Gasteiger partial charge in [0.25, 0.3) is 0 Å². The summed E-state index contributed by atoms with van der Waals surface area (Å²) < 4.78 is 0. The van der Waals surface area contributed by atoms with Crippen molar-refractivity contribution >= 4 is 11.7 Å². The molecule has 2 aromatic carbocycles. The minimum Gasteiger partial charge on any atom is -0.354 e. The smallest absolute Gasteiger partial charge is 0.220 e. The maximum atomic E-state index is 12.3. The number of Topliss-reactive ketones (excluding diaryl/α,β-unsaturated/α-hetero) is 1. The lowest BCUT2D eigenvalue weighted by atomic mass is 9.99. The fourth-order valence-corrected chi connectivity index (χ4v) is 2.53. The number of benzene rings is 2. The largest absolute Gasteiger partial charge is 0.354 e. The minimum atomic E-state index is -0.245. The van der Waals surface area contributed by atoms with E-state index in [1.54, 1.807) is 0 Å². The molecular weight excluding hydrogens is 300 g/mol. The molecule has 3 N–H and O–H groups in total. The van der Waals surface area contributed by atoms with E-state index in [1.807, 2.05) is 62.4 Å². The lowest BCUT2D eigenvalue weighted by Crippen LogP contribution is -2.32. The number of amides is 1. The molecule has 0 fully saturated rings. The van der Waals surface area contributed by atoms with Gasteiger partial charge in [0, 0.05) is 31.0 Å². The van der Waals surface area contributed by atoms with Gasteiger partial charge in [0.1, 0.15) is 0 Å². The molecule has 0 spiro atoms. The van der Waals surface area contributed by atoms with Gasteiger partial charge in [-0.15, -0.1) is 0 Å². The van der Waals surface area contributed by atoms with Crippen LogP contribution in [-0.4, -0.2) is 18.2 Å². The Balaban J connectivity index is 1.81. The zero-order valence-electron chi connectivity index (χ0n) is 14.2. The summed E-state index contributed by atoms with van der Waals surface area (Å²) in [6.07, 6.45) is 0.379. The third-order valence-electron chi connectivity index (χ3n) is 4.02. The first-order valence-corrected chi connectivity index (χ1v) is 8.15. The van der Waals surface area contributed by atoms with Crippen LogP contribution >= 0.6 is 0 Å². The topological polar surface area (TPSA) is 72.2 Å². The Morgan fingerprint density at radius 1 is 1.04 bits per heavy atom. The molecule has 1 amide bonds. The Labute approximate surface area is 143 Å². The van der Waals surface area contributed by atoms with Gasteiger partial charge in [-0.3, -0.25) is 9.59 Å². The van der Waals surface area contributed by atoms with Crippen molar-refractivity contribution in [3.8, 4) is 0 Å². The van der Waals surface area contributed by atoms with Gasteiger partial charge < -0.3 is 11.1 Å². The first kappa shape index (κ1) is 17.9. The molecule has 0 saturated heterocycles. The van der Waals surface area contributed by atoms with Crippen molar-refractivity contribution in [1.82, 2.24) is 5.32 Å². The summed E-state index contributed by atoms with van der Waals surface area (Å²) in [6, 6.07) is 15.2. The normalized spacial score (nSPS) is 11.8. The molecule has 4 heteroatoms. The predicted molar refractivity (Wildman–Crippen MR) is 95.9 cm³/mol. The third kappa shape index (κ3) is 5.03. The molecule has 24 heavy (non-hydrogen) atoms. The highest BCUT2D eigenvalue weighted by molar-refractivity contribution is 5.99. The van der Waals surface area contributed by atoms with E-state index < -0.39 is 0 Å². The van der Waals surface area contributed by atoms with Crippen molar-refractivity contribution in [1.29, 1.82) is 0 Å². The van der Waals surface area contributed by atoms with Crippen LogP contribution in [0.2, 0.25) is 0 Å². The van der Waals surface area contributed by atoms with Gasteiger partial charge >= 0.3 is 0 Å².